The molecular formula is C13H25N3O2. The van der Waals surface area contributed by atoms with Crippen molar-refractivity contribution in [2.75, 3.05) is 39.3 Å². The summed E-state index contributed by atoms with van der Waals surface area (Å²) >= 11 is 0. The second-order valence-corrected chi connectivity index (χ2v) is 5.70. The molecule has 0 radical (unpaired) electrons. The molecule has 1 rings (SSSR count). The zero-order chi connectivity index (χ0) is 13.6. The first-order valence-electron chi connectivity index (χ1n) is 6.49. The topological polar surface area (TPSA) is 55.8 Å². The predicted molar refractivity (Wildman–Crippen MR) is 72.2 cm³/mol. The van der Waals surface area contributed by atoms with Crippen molar-refractivity contribution >= 4 is 6.03 Å². The highest BCUT2D eigenvalue weighted by molar-refractivity contribution is 5.75. The molecule has 0 aliphatic carbocycles. The number of carbonyl (C=O) groups excluding carboxylic acids is 1. The third-order valence-corrected chi connectivity index (χ3v) is 2.87. The molecule has 0 aromatic heterocycles. The van der Waals surface area contributed by atoms with E-state index in [1.165, 1.54) is 0 Å². The number of carbonyl (C=O) groups is 1. The highest BCUT2D eigenvalue weighted by Gasteiger charge is 2.19. The molecule has 1 saturated heterocycles. The summed E-state index contributed by atoms with van der Waals surface area (Å²) in [7, 11) is 0. The van der Waals surface area contributed by atoms with E-state index in [9.17, 15) is 4.79 Å². The third-order valence-electron chi connectivity index (χ3n) is 2.87. The van der Waals surface area contributed by atoms with Gasteiger partial charge in [-0.15, -0.1) is 0 Å². The van der Waals surface area contributed by atoms with Crippen molar-refractivity contribution in [1.29, 1.82) is 0 Å². The van der Waals surface area contributed by atoms with Gasteiger partial charge in [0.15, 0.2) is 0 Å². The van der Waals surface area contributed by atoms with Crippen LogP contribution in [0.25, 0.3) is 0 Å². The van der Waals surface area contributed by atoms with E-state index in [1.807, 2.05) is 6.08 Å². The monoisotopic (exact) mass is 255 g/mol. The zero-order valence-corrected chi connectivity index (χ0v) is 11.6. The number of hydrogen-bond donors (Lipinski definition) is 2. The summed E-state index contributed by atoms with van der Waals surface area (Å²) in [4.78, 5) is 15.8. The lowest BCUT2D eigenvalue weighted by Crippen LogP contribution is -2.51. The van der Waals surface area contributed by atoms with Crippen molar-refractivity contribution in [3.05, 3.63) is 12.3 Å². The summed E-state index contributed by atoms with van der Waals surface area (Å²) in [6, 6.07) is -0.0425. The number of β-amino-alcohol motifs (C(OH)–C–C–N with tert-alkyl or cyclic N) is 1. The van der Waals surface area contributed by atoms with Gasteiger partial charge in [0.2, 0.25) is 0 Å². The summed E-state index contributed by atoms with van der Waals surface area (Å²) in [5.41, 5.74) is 0.0765. The molecule has 2 N–H and O–H groups in total. The Bertz CT molecular complexity index is 289. The maximum atomic E-state index is 11.8. The van der Waals surface area contributed by atoms with Gasteiger partial charge in [0.05, 0.1) is 6.61 Å². The first-order valence-corrected chi connectivity index (χ1v) is 6.49. The molecule has 0 aromatic carbocycles. The van der Waals surface area contributed by atoms with E-state index in [2.05, 4.69) is 31.0 Å². The number of nitrogens with one attached hydrogen (secondary N) is 1. The fourth-order valence-corrected chi connectivity index (χ4v) is 1.77. The van der Waals surface area contributed by atoms with Crippen molar-refractivity contribution in [1.82, 2.24) is 15.1 Å². The van der Waals surface area contributed by atoms with Gasteiger partial charge in [-0.2, -0.15) is 0 Å². The van der Waals surface area contributed by atoms with Crippen LogP contribution in [0.2, 0.25) is 0 Å². The molecule has 0 aromatic rings. The molecule has 5 nitrogen and oxygen atoms in total. The van der Waals surface area contributed by atoms with Gasteiger partial charge >= 0.3 is 6.03 Å². The molecule has 1 heterocycles. The molecule has 2 amide bonds. The molecule has 0 unspecified atom stereocenters. The van der Waals surface area contributed by atoms with Gasteiger partial charge in [-0.25, -0.2) is 4.79 Å². The van der Waals surface area contributed by atoms with Gasteiger partial charge in [-0.1, -0.05) is 26.8 Å². The Labute approximate surface area is 109 Å². The summed E-state index contributed by atoms with van der Waals surface area (Å²) < 4.78 is 0. The maximum absolute atomic E-state index is 11.8. The van der Waals surface area contributed by atoms with Gasteiger partial charge in [0, 0.05) is 38.9 Å². The molecule has 0 bridgehead atoms. The Hall–Kier alpha value is -1.07. The van der Waals surface area contributed by atoms with Crippen molar-refractivity contribution in [2.24, 2.45) is 5.41 Å². The van der Waals surface area contributed by atoms with Crippen molar-refractivity contribution < 1.29 is 9.90 Å². The largest absolute Gasteiger partial charge is 0.395 e. The number of nitrogens with zero attached hydrogens (tertiary/aromatic N) is 2. The Balaban J connectivity index is 2.30. The lowest BCUT2D eigenvalue weighted by molar-refractivity contribution is 0.123. The molecule has 1 fully saturated rings. The van der Waals surface area contributed by atoms with E-state index in [4.69, 9.17) is 5.11 Å². The van der Waals surface area contributed by atoms with Gasteiger partial charge in [-0.05, 0) is 5.41 Å². The number of allylic oxidation sites excluding steroid dienone is 1. The molecule has 1 aliphatic heterocycles. The van der Waals surface area contributed by atoms with Gasteiger partial charge in [-0.3, -0.25) is 4.90 Å². The summed E-state index contributed by atoms with van der Waals surface area (Å²) in [5.74, 6) is 0. The van der Waals surface area contributed by atoms with Crippen molar-refractivity contribution in [2.45, 2.75) is 20.8 Å². The van der Waals surface area contributed by atoms with Crippen LogP contribution in [0.4, 0.5) is 4.79 Å². The van der Waals surface area contributed by atoms with E-state index in [-0.39, 0.29) is 18.1 Å². The lowest BCUT2D eigenvalue weighted by Gasteiger charge is -2.34. The van der Waals surface area contributed by atoms with Crippen LogP contribution in [0.1, 0.15) is 20.8 Å². The van der Waals surface area contributed by atoms with Crippen LogP contribution in [0, 0.1) is 5.41 Å². The average Bonchev–Trinajstić information content (AvgIpc) is 2.28. The molecule has 0 saturated carbocycles. The molecule has 5 heteroatoms. The van der Waals surface area contributed by atoms with E-state index >= 15 is 0 Å². The minimum absolute atomic E-state index is 0.0425. The van der Waals surface area contributed by atoms with Crippen LogP contribution in [-0.2, 0) is 0 Å². The first kappa shape index (κ1) is 15.0. The van der Waals surface area contributed by atoms with Crippen LogP contribution >= 0.6 is 0 Å². The van der Waals surface area contributed by atoms with Crippen LogP contribution in [0.3, 0.4) is 0 Å². The Morgan fingerprint density at radius 3 is 2.39 bits per heavy atom. The zero-order valence-electron chi connectivity index (χ0n) is 11.6. The second kappa shape index (κ2) is 6.75. The number of amides is 2. The van der Waals surface area contributed by atoms with E-state index < -0.39 is 0 Å². The van der Waals surface area contributed by atoms with Crippen LogP contribution in [0.5, 0.6) is 0 Å². The van der Waals surface area contributed by atoms with E-state index in [0.717, 1.165) is 26.2 Å². The molecular weight excluding hydrogens is 230 g/mol. The first-order chi connectivity index (χ1) is 8.42. The second-order valence-electron chi connectivity index (χ2n) is 5.70. The maximum Gasteiger partial charge on any atom is 0.321 e. The molecule has 0 spiro atoms. The molecule has 18 heavy (non-hydrogen) atoms. The fraction of sp³-hybridized carbons (Fsp3) is 0.769. The van der Waals surface area contributed by atoms with Gasteiger partial charge in [0.1, 0.15) is 0 Å². The molecule has 0 atom stereocenters. The number of urea groups is 1. The highest BCUT2D eigenvalue weighted by atomic mass is 16.3. The Morgan fingerprint density at radius 1 is 1.28 bits per heavy atom. The normalized spacial score (nSPS) is 18.3. The van der Waals surface area contributed by atoms with Crippen LogP contribution in [0.15, 0.2) is 12.3 Å². The molecule has 1 aliphatic rings. The van der Waals surface area contributed by atoms with Crippen LogP contribution < -0.4 is 5.32 Å². The Morgan fingerprint density at radius 2 is 1.89 bits per heavy atom. The fourth-order valence-electron chi connectivity index (χ4n) is 1.77. The lowest BCUT2D eigenvalue weighted by atomic mass is 9.97. The predicted octanol–water partition coefficient (Wildman–Crippen LogP) is 0.866. The smallest absolute Gasteiger partial charge is 0.321 e. The quantitative estimate of drug-likeness (QED) is 0.786. The van der Waals surface area contributed by atoms with Gasteiger partial charge < -0.3 is 15.3 Å². The van der Waals surface area contributed by atoms with E-state index in [0.29, 0.717) is 6.54 Å². The summed E-state index contributed by atoms with van der Waals surface area (Å²) in [6.07, 6.45) is 3.70. The van der Waals surface area contributed by atoms with Crippen molar-refractivity contribution in [3.63, 3.8) is 0 Å². The van der Waals surface area contributed by atoms with Crippen LogP contribution in [-0.4, -0.2) is 60.3 Å². The minimum Gasteiger partial charge on any atom is -0.395 e. The Kier molecular flexibility index (Phi) is 5.62. The number of aliphatic hydroxyl groups is 1. The number of hydrogen-bond acceptors (Lipinski definition) is 3. The van der Waals surface area contributed by atoms with E-state index in [1.54, 1.807) is 11.1 Å². The number of piperazine rings is 1. The standard InChI is InChI=1S/C13H25N3O2/c1-13(2,3)4-5-14-12(18)16-8-6-15(7-9-16)10-11-17/h4-5,17H,6-11H2,1-3H3,(H,14,18)/b5-4+. The number of aliphatic hydroxyl groups excluding tert-OH is 1. The minimum atomic E-state index is -0.0425. The highest BCUT2D eigenvalue weighted by Crippen LogP contribution is 2.13. The van der Waals surface area contributed by atoms with Gasteiger partial charge in [0.25, 0.3) is 0 Å². The van der Waals surface area contributed by atoms with Crippen molar-refractivity contribution in [3.8, 4) is 0 Å². The SMILES string of the molecule is CC(C)(C)/C=C/NC(=O)N1CCN(CCO)CC1. The summed E-state index contributed by atoms with van der Waals surface area (Å²) in [6.45, 7) is 10.2. The average molecular weight is 255 g/mol. The molecule has 104 valence electrons. The summed E-state index contributed by atoms with van der Waals surface area (Å²) in [5, 5.41) is 11.6. The third kappa shape index (κ3) is 5.51. The number of rotatable bonds is 3.